The van der Waals surface area contributed by atoms with Crippen LogP contribution >= 0.6 is 0 Å². The minimum atomic E-state index is -1.30. The molecule has 0 unspecified atom stereocenters. The number of hydrogen-bond acceptors (Lipinski definition) is 9. The summed E-state index contributed by atoms with van der Waals surface area (Å²) in [6.07, 6.45) is 1.05. The number of carbonyl (C=O) groups excluding carboxylic acids is 4. The van der Waals surface area contributed by atoms with Crippen molar-refractivity contribution in [3.8, 4) is 5.75 Å². The van der Waals surface area contributed by atoms with E-state index in [-0.39, 0.29) is 37.1 Å². The molecular formula is C33H38N6O7. The molecule has 46 heavy (non-hydrogen) atoms. The molecule has 1 fully saturated rings. The Labute approximate surface area is 266 Å². The molecule has 0 aliphatic carbocycles. The summed E-state index contributed by atoms with van der Waals surface area (Å²) in [6.45, 7) is 0.329. The van der Waals surface area contributed by atoms with Crippen LogP contribution in [0, 0.1) is 10.1 Å². The van der Waals surface area contributed by atoms with Gasteiger partial charge in [-0.25, -0.2) is 0 Å². The van der Waals surface area contributed by atoms with E-state index in [1.54, 1.807) is 24.3 Å². The second-order valence-corrected chi connectivity index (χ2v) is 11.3. The van der Waals surface area contributed by atoms with Gasteiger partial charge in [0.15, 0.2) is 0 Å². The SMILES string of the molecule is NCCCC[C@@H]1C(=O)N[C@@H](Cc2ccccc2)C(=O)N[C@@H](Cc2ccc([N+](=O)[O-])cc2)C(=O)N1C(=O)[C@@H](N)Cc1ccc(O)cc1. The zero-order valence-corrected chi connectivity index (χ0v) is 25.2. The highest BCUT2D eigenvalue weighted by Gasteiger charge is 2.43. The number of nitrogens with two attached hydrogens (primary N) is 2. The molecule has 1 saturated heterocycles. The fourth-order valence-electron chi connectivity index (χ4n) is 5.38. The number of non-ortho nitro benzene ring substituents is 1. The van der Waals surface area contributed by atoms with Gasteiger partial charge >= 0.3 is 0 Å². The average Bonchev–Trinajstić information content (AvgIpc) is 3.07. The zero-order valence-electron chi connectivity index (χ0n) is 25.2. The lowest BCUT2D eigenvalue weighted by atomic mass is 9.99. The highest BCUT2D eigenvalue weighted by atomic mass is 16.6. The minimum Gasteiger partial charge on any atom is -0.508 e. The molecule has 4 rings (SSSR count). The molecular weight excluding hydrogens is 592 g/mol. The molecule has 7 N–H and O–H groups in total. The first-order chi connectivity index (χ1) is 22.1. The summed E-state index contributed by atoms with van der Waals surface area (Å²) in [5.74, 6) is -2.91. The smallest absolute Gasteiger partial charge is 0.269 e. The minimum absolute atomic E-state index is 0.00996. The van der Waals surface area contributed by atoms with Gasteiger partial charge in [-0.2, -0.15) is 0 Å². The van der Waals surface area contributed by atoms with Crippen LogP contribution in [0.3, 0.4) is 0 Å². The van der Waals surface area contributed by atoms with Gasteiger partial charge in [0.1, 0.15) is 23.9 Å². The molecule has 13 nitrogen and oxygen atoms in total. The number of carbonyl (C=O) groups is 4. The van der Waals surface area contributed by atoms with Gasteiger partial charge in [-0.05, 0) is 61.1 Å². The van der Waals surface area contributed by atoms with Crippen LogP contribution in [-0.4, -0.2) is 69.3 Å². The van der Waals surface area contributed by atoms with E-state index in [2.05, 4.69) is 10.6 Å². The van der Waals surface area contributed by atoms with E-state index in [9.17, 15) is 34.4 Å². The maximum atomic E-state index is 14.4. The first-order valence-electron chi connectivity index (χ1n) is 15.1. The summed E-state index contributed by atoms with van der Waals surface area (Å²) in [5, 5.41) is 26.3. The predicted octanol–water partition coefficient (Wildman–Crippen LogP) is 1.49. The molecule has 4 atom stereocenters. The summed E-state index contributed by atoms with van der Waals surface area (Å²) >= 11 is 0. The van der Waals surface area contributed by atoms with Crippen molar-refractivity contribution in [3.63, 3.8) is 0 Å². The standard InChI is InChI=1S/C33H38N6O7/c34-17-5-4-8-29-31(42)36-27(19-21-6-2-1-3-7-21)30(41)37-28(20-23-9-13-24(14-10-23)39(45)46)33(44)38(29)32(43)26(35)18-22-11-15-25(40)16-12-22/h1-3,6-7,9-16,26-29,40H,4-5,8,17-20,34-35H2,(H,36,42)(H,37,41)/t26-,27-,28-,29+/m0/s1. The topological polar surface area (TPSA) is 211 Å². The van der Waals surface area contributed by atoms with E-state index < -0.39 is 52.7 Å². The molecule has 0 saturated carbocycles. The first-order valence-corrected chi connectivity index (χ1v) is 15.1. The molecule has 0 radical (unpaired) electrons. The lowest BCUT2D eigenvalue weighted by molar-refractivity contribution is -0.384. The van der Waals surface area contributed by atoms with Crippen LogP contribution in [0.25, 0.3) is 0 Å². The van der Waals surface area contributed by atoms with Gasteiger partial charge in [0.25, 0.3) is 11.6 Å². The number of imide groups is 1. The predicted molar refractivity (Wildman–Crippen MR) is 169 cm³/mol. The Morgan fingerprint density at radius 1 is 0.848 bits per heavy atom. The van der Waals surface area contributed by atoms with Crippen LogP contribution in [-0.2, 0) is 38.4 Å². The number of aromatic hydroxyl groups is 1. The lowest BCUT2D eigenvalue weighted by Crippen LogP contribution is -2.60. The molecule has 1 aliphatic heterocycles. The largest absolute Gasteiger partial charge is 0.508 e. The van der Waals surface area contributed by atoms with Crippen molar-refractivity contribution >= 4 is 29.3 Å². The maximum Gasteiger partial charge on any atom is 0.269 e. The van der Waals surface area contributed by atoms with Crippen molar-refractivity contribution in [1.82, 2.24) is 15.5 Å². The summed E-state index contributed by atoms with van der Waals surface area (Å²) in [4.78, 5) is 67.5. The van der Waals surface area contributed by atoms with Crippen LogP contribution in [0.1, 0.15) is 36.0 Å². The Hall–Kier alpha value is -5.14. The number of nitrogens with one attached hydrogen (secondary N) is 2. The Morgan fingerprint density at radius 3 is 2.07 bits per heavy atom. The summed E-state index contributed by atoms with van der Waals surface area (Å²) < 4.78 is 0. The molecule has 0 aromatic heterocycles. The van der Waals surface area contributed by atoms with Crippen LogP contribution in [0.2, 0.25) is 0 Å². The van der Waals surface area contributed by atoms with Gasteiger partial charge in [-0.15, -0.1) is 0 Å². The Balaban J connectivity index is 1.74. The highest BCUT2D eigenvalue weighted by molar-refractivity contribution is 6.06. The lowest BCUT2D eigenvalue weighted by Gasteiger charge is -2.33. The van der Waals surface area contributed by atoms with Gasteiger partial charge in [0.05, 0.1) is 11.0 Å². The Kier molecular flexibility index (Phi) is 11.5. The number of rotatable bonds is 12. The molecule has 1 heterocycles. The van der Waals surface area contributed by atoms with Gasteiger partial charge < -0.3 is 27.2 Å². The number of hydrogen-bond donors (Lipinski definition) is 5. The quantitative estimate of drug-likeness (QED) is 0.111. The second kappa shape index (κ2) is 15.7. The summed E-state index contributed by atoms with van der Waals surface area (Å²) in [6, 6.07) is 15.7. The third-order valence-corrected chi connectivity index (χ3v) is 7.85. The maximum absolute atomic E-state index is 14.4. The third kappa shape index (κ3) is 8.73. The van der Waals surface area contributed by atoms with Gasteiger partial charge in [0, 0.05) is 25.0 Å². The van der Waals surface area contributed by atoms with Crippen molar-refractivity contribution in [2.24, 2.45) is 11.5 Å². The van der Waals surface area contributed by atoms with Gasteiger partial charge in [-0.1, -0.05) is 54.6 Å². The molecule has 4 amide bonds. The van der Waals surface area contributed by atoms with E-state index in [0.717, 1.165) is 10.5 Å². The van der Waals surface area contributed by atoms with E-state index in [0.29, 0.717) is 30.5 Å². The molecule has 13 heteroatoms. The molecule has 3 aromatic carbocycles. The number of amides is 4. The Morgan fingerprint density at radius 2 is 1.43 bits per heavy atom. The number of nitro groups is 1. The summed E-state index contributed by atoms with van der Waals surface area (Å²) in [7, 11) is 0. The van der Waals surface area contributed by atoms with Crippen molar-refractivity contribution < 1.29 is 29.2 Å². The van der Waals surface area contributed by atoms with Crippen molar-refractivity contribution in [1.29, 1.82) is 0 Å². The normalized spacial score (nSPS) is 19.3. The number of unbranched alkanes of at least 4 members (excludes halogenated alkanes) is 1. The number of benzene rings is 3. The van der Waals surface area contributed by atoms with E-state index in [4.69, 9.17) is 11.5 Å². The second-order valence-electron chi connectivity index (χ2n) is 11.3. The highest BCUT2D eigenvalue weighted by Crippen LogP contribution is 2.20. The zero-order chi connectivity index (χ0) is 33.2. The van der Waals surface area contributed by atoms with Crippen LogP contribution < -0.4 is 22.1 Å². The fourth-order valence-corrected chi connectivity index (χ4v) is 5.38. The van der Waals surface area contributed by atoms with E-state index in [1.165, 1.54) is 36.4 Å². The molecule has 3 aromatic rings. The monoisotopic (exact) mass is 630 g/mol. The number of phenolic OH excluding ortho intramolecular Hbond substituents is 1. The fraction of sp³-hybridized carbons (Fsp3) is 0.333. The van der Waals surface area contributed by atoms with E-state index in [1.807, 2.05) is 18.2 Å². The van der Waals surface area contributed by atoms with Crippen molar-refractivity contribution in [3.05, 3.63) is 106 Å². The van der Waals surface area contributed by atoms with E-state index >= 15 is 0 Å². The average molecular weight is 631 g/mol. The third-order valence-electron chi connectivity index (χ3n) is 7.85. The summed E-state index contributed by atoms with van der Waals surface area (Å²) in [5.41, 5.74) is 13.8. The Bertz CT molecular complexity index is 1530. The number of phenols is 1. The van der Waals surface area contributed by atoms with Crippen LogP contribution in [0.15, 0.2) is 78.9 Å². The number of nitrogens with zero attached hydrogens (tertiary/aromatic N) is 2. The van der Waals surface area contributed by atoms with Gasteiger partial charge in [0.2, 0.25) is 17.7 Å². The molecule has 242 valence electrons. The van der Waals surface area contributed by atoms with Crippen LogP contribution in [0.5, 0.6) is 5.75 Å². The first kappa shape index (κ1) is 33.7. The van der Waals surface area contributed by atoms with Gasteiger partial charge in [-0.3, -0.25) is 34.2 Å². The van der Waals surface area contributed by atoms with Crippen molar-refractivity contribution in [2.45, 2.75) is 62.7 Å². The molecule has 1 aliphatic rings. The van der Waals surface area contributed by atoms with Crippen molar-refractivity contribution in [2.75, 3.05) is 6.54 Å². The number of nitro benzene ring substituents is 1. The van der Waals surface area contributed by atoms with Crippen LogP contribution in [0.4, 0.5) is 5.69 Å². The molecule has 0 bridgehead atoms. The molecule has 0 spiro atoms.